The van der Waals surface area contributed by atoms with Gasteiger partial charge in [0.05, 0.1) is 18.6 Å². The molecule has 1 aromatic rings. The fraction of sp³-hybridized carbons (Fsp3) is 0.375. The van der Waals surface area contributed by atoms with Gasteiger partial charge in [0, 0.05) is 12.1 Å². The number of thioether (sulfide) groups is 1. The molecule has 22 heavy (non-hydrogen) atoms. The van der Waals surface area contributed by atoms with Gasteiger partial charge in [-0.1, -0.05) is 43.0 Å². The molecule has 2 rings (SSSR count). The van der Waals surface area contributed by atoms with Crippen LogP contribution in [0.4, 0.5) is 0 Å². The van der Waals surface area contributed by atoms with Gasteiger partial charge in [0.1, 0.15) is 4.32 Å². The Hall–Kier alpha value is -1.53. The normalized spacial score (nSPS) is 16.5. The number of rotatable bonds is 6. The molecule has 1 aliphatic rings. The summed E-state index contributed by atoms with van der Waals surface area (Å²) >= 11 is 6.61. The smallest absolute Gasteiger partial charge is 0.266 e. The van der Waals surface area contributed by atoms with Crippen LogP contribution in [0.15, 0.2) is 23.1 Å². The highest BCUT2D eigenvalue weighted by molar-refractivity contribution is 8.26. The minimum atomic E-state index is -0.0397. The molecule has 1 heterocycles. The maximum absolute atomic E-state index is 12.4. The third-order valence-electron chi connectivity index (χ3n) is 3.13. The fourth-order valence-electron chi connectivity index (χ4n) is 2.16. The highest BCUT2D eigenvalue weighted by Crippen LogP contribution is 2.37. The molecule has 0 unspecified atom stereocenters. The molecule has 1 aliphatic heterocycles. The zero-order valence-electron chi connectivity index (χ0n) is 12.9. The summed E-state index contributed by atoms with van der Waals surface area (Å²) in [6.45, 7) is 5.12. The summed E-state index contributed by atoms with van der Waals surface area (Å²) in [4.78, 5) is 14.7. The molecule has 1 aromatic carbocycles. The molecule has 0 saturated carbocycles. The van der Waals surface area contributed by atoms with Gasteiger partial charge < -0.3 is 9.47 Å². The number of carbonyl (C=O) groups is 1. The Bertz CT molecular complexity index is 613. The van der Waals surface area contributed by atoms with E-state index in [1.54, 1.807) is 12.0 Å². The van der Waals surface area contributed by atoms with Gasteiger partial charge in [0.25, 0.3) is 5.91 Å². The molecule has 0 bridgehead atoms. The minimum absolute atomic E-state index is 0.0397. The number of hydrogen-bond donors (Lipinski definition) is 0. The van der Waals surface area contributed by atoms with Crippen LogP contribution < -0.4 is 9.47 Å². The number of carbonyl (C=O) groups excluding carboxylic acids is 1. The van der Waals surface area contributed by atoms with Crippen molar-refractivity contribution in [2.45, 2.75) is 20.3 Å². The van der Waals surface area contributed by atoms with E-state index in [4.69, 9.17) is 21.7 Å². The van der Waals surface area contributed by atoms with Crippen molar-refractivity contribution in [1.29, 1.82) is 0 Å². The standard InChI is InChI=1S/C16H19NO3S2/c1-4-9-17-15(18)13(22-16(17)21)10-11-7-6-8-12(19-3)14(11)20-5-2/h6-8,10H,4-5,9H2,1-3H3/b13-10-. The average Bonchev–Trinajstić information content (AvgIpc) is 2.77. The lowest BCUT2D eigenvalue weighted by atomic mass is 10.1. The summed E-state index contributed by atoms with van der Waals surface area (Å²) in [6, 6.07) is 5.62. The predicted molar refractivity (Wildman–Crippen MR) is 94.3 cm³/mol. The van der Waals surface area contributed by atoms with E-state index >= 15 is 0 Å². The largest absolute Gasteiger partial charge is 0.493 e. The third-order valence-corrected chi connectivity index (χ3v) is 4.50. The Morgan fingerprint density at radius 3 is 2.77 bits per heavy atom. The van der Waals surface area contributed by atoms with E-state index in [0.717, 1.165) is 12.0 Å². The molecule has 1 amide bonds. The molecule has 118 valence electrons. The number of para-hydroxylation sites is 1. The number of ether oxygens (including phenoxy) is 2. The van der Waals surface area contributed by atoms with Gasteiger partial charge in [-0.2, -0.15) is 0 Å². The van der Waals surface area contributed by atoms with Crippen molar-refractivity contribution in [2.75, 3.05) is 20.3 Å². The zero-order chi connectivity index (χ0) is 16.1. The fourth-order valence-corrected chi connectivity index (χ4v) is 3.46. The van der Waals surface area contributed by atoms with Crippen molar-refractivity contribution in [2.24, 2.45) is 0 Å². The molecule has 0 radical (unpaired) electrons. The quantitative estimate of drug-likeness (QED) is 0.584. The SMILES string of the molecule is CCCN1C(=O)/C(=C/c2cccc(OC)c2OCC)SC1=S. The van der Waals surface area contributed by atoms with Gasteiger partial charge in [0.15, 0.2) is 11.5 Å². The van der Waals surface area contributed by atoms with Crippen LogP contribution in [-0.4, -0.2) is 35.4 Å². The van der Waals surface area contributed by atoms with Crippen LogP contribution in [0.3, 0.4) is 0 Å². The van der Waals surface area contributed by atoms with Crippen LogP contribution >= 0.6 is 24.0 Å². The molecule has 0 aromatic heterocycles. The van der Waals surface area contributed by atoms with Crippen LogP contribution in [0.1, 0.15) is 25.8 Å². The highest BCUT2D eigenvalue weighted by atomic mass is 32.2. The van der Waals surface area contributed by atoms with Gasteiger partial charge >= 0.3 is 0 Å². The molecule has 0 atom stereocenters. The lowest BCUT2D eigenvalue weighted by molar-refractivity contribution is -0.122. The van der Waals surface area contributed by atoms with Gasteiger partial charge in [-0.25, -0.2) is 0 Å². The maximum atomic E-state index is 12.4. The molecule has 4 nitrogen and oxygen atoms in total. The number of methoxy groups -OCH3 is 1. The molecule has 6 heteroatoms. The summed E-state index contributed by atoms with van der Waals surface area (Å²) < 4.78 is 11.6. The van der Waals surface area contributed by atoms with E-state index in [1.165, 1.54) is 11.8 Å². The zero-order valence-corrected chi connectivity index (χ0v) is 14.6. The van der Waals surface area contributed by atoms with Crippen LogP contribution in [-0.2, 0) is 4.79 Å². The average molecular weight is 337 g/mol. The lowest BCUT2D eigenvalue weighted by Crippen LogP contribution is -2.28. The first-order chi connectivity index (χ1) is 10.6. The van der Waals surface area contributed by atoms with Crippen LogP contribution in [0.5, 0.6) is 11.5 Å². The first-order valence-corrected chi connectivity index (χ1v) is 8.40. The second-order valence-corrected chi connectivity index (χ2v) is 6.32. The van der Waals surface area contributed by atoms with Crippen LogP contribution in [0.25, 0.3) is 6.08 Å². The van der Waals surface area contributed by atoms with E-state index < -0.39 is 0 Å². The Morgan fingerprint density at radius 2 is 2.14 bits per heavy atom. The predicted octanol–water partition coefficient (Wildman–Crippen LogP) is 3.71. The number of benzene rings is 1. The monoisotopic (exact) mass is 337 g/mol. The minimum Gasteiger partial charge on any atom is -0.493 e. The Kier molecular flexibility index (Phi) is 5.85. The maximum Gasteiger partial charge on any atom is 0.266 e. The summed E-state index contributed by atoms with van der Waals surface area (Å²) in [7, 11) is 1.60. The number of hydrogen-bond acceptors (Lipinski definition) is 5. The van der Waals surface area contributed by atoms with Gasteiger partial charge in [-0.3, -0.25) is 9.69 Å². The molecule has 1 fully saturated rings. The van der Waals surface area contributed by atoms with E-state index in [2.05, 4.69) is 0 Å². The third kappa shape index (κ3) is 3.44. The second kappa shape index (κ2) is 7.65. The molecule has 1 saturated heterocycles. The van der Waals surface area contributed by atoms with Gasteiger partial charge in [0.2, 0.25) is 0 Å². The molecular formula is C16H19NO3S2. The highest BCUT2D eigenvalue weighted by Gasteiger charge is 2.31. The second-order valence-electron chi connectivity index (χ2n) is 4.64. The summed E-state index contributed by atoms with van der Waals surface area (Å²) in [5.41, 5.74) is 0.818. The van der Waals surface area contributed by atoms with Crippen molar-refractivity contribution in [1.82, 2.24) is 4.90 Å². The Balaban J connectivity index is 2.37. The summed E-state index contributed by atoms with van der Waals surface area (Å²) in [5.74, 6) is 1.26. The van der Waals surface area contributed by atoms with Crippen molar-refractivity contribution in [3.05, 3.63) is 28.7 Å². The van der Waals surface area contributed by atoms with E-state index in [9.17, 15) is 4.79 Å². The number of thiocarbonyl (C=S) groups is 1. The summed E-state index contributed by atoms with van der Waals surface area (Å²) in [5, 5.41) is 0. The van der Waals surface area contributed by atoms with E-state index in [1.807, 2.05) is 38.1 Å². The van der Waals surface area contributed by atoms with E-state index in [-0.39, 0.29) is 5.91 Å². The Morgan fingerprint density at radius 1 is 1.36 bits per heavy atom. The lowest BCUT2D eigenvalue weighted by Gasteiger charge is -2.13. The van der Waals surface area contributed by atoms with Crippen LogP contribution in [0.2, 0.25) is 0 Å². The molecule has 0 aliphatic carbocycles. The van der Waals surface area contributed by atoms with Crippen molar-refractivity contribution in [3.63, 3.8) is 0 Å². The van der Waals surface area contributed by atoms with Crippen molar-refractivity contribution in [3.8, 4) is 11.5 Å². The van der Waals surface area contributed by atoms with Crippen molar-refractivity contribution >= 4 is 40.3 Å². The van der Waals surface area contributed by atoms with Crippen LogP contribution in [0, 0.1) is 0 Å². The topological polar surface area (TPSA) is 38.8 Å². The molecular weight excluding hydrogens is 318 g/mol. The number of nitrogens with zero attached hydrogens (tertiary/aromatic N) is 1. The Labute approximate surface area is 140 Å². The number of amides is 1. The van der Waals surface area contributed by atoms with Crippen molar-refractivity contribution < 1.29 is 14.3 Å². The van der Waals surface area contributed by atoms with Gasteiger partial charge in [-0.15, -0.1) is 0 Å². The first kappa shape index (κ1) is 16.8. The van der Waals surface area contributed by atoms with E-state index in [0.29, 0.717) is 33.9 Å². The van der Waals surface area contributed by atoms with Gasteiger partial charge in [-0.05, 0) is 25.5 Å². The summed E-state index contributed by atoms with van der Waals surface area (Å²) in [6.07, 6.45) is 2.70. The molecule has 0 N–H and O–H groups in total. The first-order valence-electron chi connectivity index (χ1n) is 7.17. The molecule has 0 spiro atoms.